The maximum atomic E-state index is 13.0. The number of nitrogens with zero attached hydrogens (tertiary/aromatic N) is 5. The van der Waals surface area contributed by atoms with E-state index in [0.29, 0.717) is 28.2 Å². The number of hydrogen-bond donors (Lipinski definition) is 0. The molecule has 2 heterocycles. The van der Waals surface area contributed by atoms with Crippen molar-refractivity contribution in [2.24, 2.45) is 4.99 Å². The Hall–Kier alpha value is -3.16. The number of aliphatic imine (C=N–C) groups is 1. The minimum Gasteiger partial charge on any atom is -0.363 e. The molecule has 0 aliphatic carbocycles. The highest BCUT2D eigenvalue weighted by atomic mass is 32.1. The highest BCUT2D eigenvalue weighted by Crippen LogP contribution is 2.32. The van der Waals surface area contributed by atoms with E-state index in [0.717, 1.165) is 31.5 Å². The molecule has 142 valence electrons. The monoisotopic (exact) mass is 391 g/mol. The van der Waals surface area contributed by atoms with Gasteiger partial charge in [-0.2, -0.15) is 10.5 Å². The van der Waals surface area contributed by atoms with Gasteiger partial charge < -0.3 is 9.80 Å². The molecule has 0 bridgehead atoms. The quantitative estimate of drug-likeness (QED) is 0.571. The lowest BCUT2D eigenvalue weighted by atomic mass is 10.1. The largest absolute Gasteiger partial charge is 0.363 e. The second-order valence-electron chi connectivity index (χ2n) is 6.71. The normalized spacial score (nSPS) is 13.9. The number of piperidine rings is 1. The van der Waals surface area contributed by atoms with Gasteiger partial charge in [0.05, 0.1) is 23.5 Å². The van der Waals surface area contributed by atoms with Gasteiger partial charge >= 0.3 is 0 Å². The predicted molar refractivity (Wildman–Crippen MR) is 110 cm³/mol. The van der Waals surface area contributed by atoms with Crippen LogP contribution < -0.4 is 0 Å². The lowest BCUT2D eigenvalue weighted by molar-refractivity contribution is 0.0790. The Morgan fingerprint density at radius 3 is 2.64 bits per heavy atom. The zero-order valence-electron chi connectivity index (χ0n) is 15.8. The number of carbonyl (C=O) groups is 1. The van der Waals surface area contributed by atoms with Crippen LogP contribution >= 0.6 is 11.3 Å². The number of amides is 1. The summed E-state index contributed by atoms with van der Waals surface area (Å²) in [5, 5.41) is 20.3. The fraction of sp³-hybridized carbons (Fsp3) is 0.333. The smallest absolute Gasteiger partial charge is 0.266 e. The van der Waals surface area contributed by atoms with E-state index in [-0.39, 0.29) is 5.91 Å². The van der Waals surface area contributed by atoms with Crippen molar-refractivity contribution in [2.75, 3.05) is 20.1 Å². The molecular weight excluding hydrogens is 370 g/mol. The molecule has 0 saturated carbocycles. The Balaban J connectivity index is 1.81. The molecule has 0 spiro atoms. The topological polar surface area (TPSA) is 83.5 Å². The van der Waals surface area contributed by atoms with Gasteiger partial charge in [0.2, 0.25) is 0 Å². The van der Waals surface area contributed by atoms with Gasteiger partial charge in [-0.25, -0.2) is 4.99 Å². The molecular formula is C21H21N5OS. The summed E-state index contributed by atoms with van der Waals surface area (Å²) in [4.78, 5) is 21.6. The summed E-state index contributed by atoms with van der Waals surface area (Å²) >= 11 is 1.23. The predicted octanol–water partition coefficient (Wildman–Crippen LogP) is 3.91. The van der Waals surface area contributed by atoms with Crippen molar-refractivity contribution in [1.82, 2.24) is 9.80 Å². The van der Waals surface area contributed by atoms with Gasteiger partial charge in [0.25, 0.3) is 5.91 Å². The van der Waals surface area contributed by atoms with Crippen molar-refractivity contribution < 1.29 is 4.79 Å². The molecule has 1 aromatic carbocycles. The molecule has 1 aliphatic rings. The van der Waals surface area contributed by atoms with Gasteiger partial charge in [-0.15, -0.1) is 11.3 Å². The average Bonchev–Trinajstić information content (AvgIpc) is 3.15. The highest BCUT2D eigenvalue weighted by molar-refractivity contribution is 7.13. The van der Waals surface area contributed by atoms with Gasteiger partial charge in [0.1, 0.15) is 16.6 Å². The Labute approximate surface area is 168 Å². The molecule has 6 nitrogen and oxygen atoms in total. The van der Waals surface area contributed by atoms with E-state index in [1.807, 2.05) is 12.1 Å². The maximum absolute atomic E-state index is 13.0. The molecule has 1 aliphatic heterocycles. The van der Waals surface area contributed by atoms with Crippen molar-refractivity contribution >= 4 is 29.3 Å². The second-order valence-corrected chi connectivity index (χ2v) is 7.59. The van der Waals surface area contributed by atoms with Crippen LogP contribution in [0.3, 0.4) is 0 Å². The molecule has 1 amide bonds. The van der Waals surface area contributed by atoms with Crippen molar-refractivity contribution in [3.05, 3.63) is 51.2 Å². The van der Waals surface area contributed by atoms with E-state index >= 15 is 0 Å². The summed E-state index contributed by atoms with van der Waals surface area (Å²) in [6, 6.07) is 11.5. The Kier molecular flexibility index (Phi) is 6.41. The Morgan fingerprint density at radius 2 is 1.93 bits per heavy atom. The number of rotatable bonds is 5. The second kappa shape index (κ2) is 9.16. The van der Waals surface area contributed by atoms with Crippen molar-refractivity contribution in [3.63, 3.8) is 0 Å². The summed E-state index contributed by atoms with van der Waals surface area (Å²) in [7, 11) is 1.69. The first-order chi connectivity index (χ1) is 13.6. The van der Waals surface area contributed by atoms with E-state index in [2.05, 4.69) is 22.0 Å². The Bertz CT molecular complexity index is 960. The van der Waals surface area contributed by atoms with Crippen molar-refractivity contribution in [3.8, 4) is 12.1 Å². The van der Waals surface area contributed by atoms with Crippen LogP contribution in [0.5, 0.6) is 0 Å². The van der Waals surface area contributed by atoms with Gasteiger partial charge in [-0.3, -0.25) is 4.79 Å². The third-order valence-electron chi connectivity index (χ3n) is 4.71. The van der Waals surface area contributed by atoms with Crippen LogP contribution in [0.2, 0.25) is 0 Å². The molecule has 0 radical (unpaired) electrons. The minimum absolute atomic E-state index is 0.204. The molecule has 2 aromatic rings. The highest BCUT2D eigenvalue weighted by Gasteiger charge is 2.22. The molecule has 0 N–H and O–H groups in total. The van der Waals surface area contributed by atoms with Crippen LogP contribution in [0.25, 0.3) is 0 Å². The number of benzene rings is 1. The molecule has 1 aromatic heterocycles. The van der Waals surface area contributed by atoms with Crippen LogP contribution in [0, 0.1) is 22.7 Å². The third kappa shape index (κ3) is 4.39. The summed E-state index contributed by atoms with van der Waals surface area (Å²) in [6.07, 6.45) is 5.25. The SMILES string of the molecule is CN(Cc1ccccc1C#N)C(=O)c1scc(C#N)c1N=CN1CCCCC1. The summed E-state index contributed by atoms with van der Waals surface area (Å²) in [6.45, 7) is 2.21. The molecule has 28 heavy (non-hydrogen) atoms. The summed E-state index contributed by atoms with van der Waals surface area (Å²) in [5.41, 5.74) is 2.18. The van der Waals surface area contributed by atoms with Crippen LogP contribution in [0.1, 0.15) is 45.6 Å². The zero-order valence-corrected chi connectivity index (χ0v) is 16.6. The number of thiophene rings is 1. The van der Waals surface area contributed by atoms with Crippen LogP contribution in [0.15, 0.2) is 34.6 Å². The molecule has 0 unspecified atom stereocenters. The molecule has 1 saturated heterocycles. The third-order valence-corrected chi connectivity index (χ3v) is 5.67. The van der Waals surface area contributed by atoms with Crippen molar-refractivity contribution in [1.29, 1.82) is 10.5 Å². The summed E-state index contributed by atoms with van der Waals surface area (Å²) < 4.78 is 0. The van der Waals surface area contributed by atoms with Gasteiger partial charge in [0, 0.05) is 32.1 Å². The van der Waals surface area contributed by atoms with E-state index in [4.69, 9.17) is 0 Å². The number of hydrogen-bond acceptors (Lipinski definition) is 5. The van der Waals surface area contributed by atoms with Crippen LogP contribution in [-0.4, -0.2) is 42.2 Å². The standard InChI is InChI=1S/C21H21N5OS/c1-25(13-17-8-4-3-7-16(17)11-22)21(27)20-19(18(12-23)14-28-20)24-15-26-9-5-2-6-10-26/h3-4,7-8,14-15H,2,5-6,9-10,13H2,1H3. The lowest BCUT2D eigenvalue weighted by Gasteiger charge is -2.23. The average molecular weight is 392 g/mol. The van der Waals surface area contributed by atoms with E-state index in [9.17, 15) is 15.3 Å². The van der Waals surface area contributed by atoms with Gasteiger partial charge in [-0.1, -0.05) is 18.2 Å². The molecule has 1 fully saturated rings. The van der Waals surface area contributed by atoms with Crippen LogP contribution in [0.4, 0.5) is 5.69 Å². The van der Waals surface area contributed by atoms with E-state index < -0.39 is 0 Å². The lowest BCUT2D eigenvalue weighted by Crippen LogP contribution is -2.28. The molecule has 3 rings (SSSR count). The molecule has 0 atom stereocenters. The number of carbonyl (C=O) groups excluding carboxylic acids is 1. The fourth-order valence-corrected chi connectivity index (χ4v) is 4.08. The maximum Gasteiger partial charge on any atom is 0.266 e. The van der Waals surface area contributed by atoms with E-state index in [1.54, 1.807) is 35.8 Å². The van der Waals surface area contributed by atoms with Crippen LogP contribution in [-0.2, 0) is 6.54 Å². The minimum atomic E-state index is -0.204. The number of nitriles is 2. The van der Waals surface area contributed by atoms with Gasteiger partial charge in [0.15, 0.2) is 0 Å². The zero-order chi connectivity index (χ0) is 19.9. The molecule has 7 heteroatoms. The fourth-order valence-electron chi connectivity index (χ4n) is 3.15. The first-order valence-corrected chi connectivity index (χ1v) is 10.0. The summed E-state index contributed by atoms with van der Waals surface area (Å²) in [5.74, 6) is -0.204. The van der Waals surface area contributed by atoms with E-state index in [1.165, 1.54) is 17.8 Å². The van der Waals surface area contributed by atoms with Crippen molar-refractivity contribution in [2.45, 2.75) is 25.8 Å². The first kappa shape index (κ1) is 19.6. The number of likely N-dealkylation sites (tertiary alicyclic amines) is 1. The Morgan fingerprint density at radius 1 is 1.21 bits per heavy atom. The van der Waals surface area contributed by atoms with Gasteiger partial charge in [-0.05, 0) is 30.9 Å². The first-order valence-electron chi connectivity index (χ1n) is 9.17.